The van der Waals surface area contributed by atoms with Crippen molar-refractivity contribution in [1.29, 1.82) is 0 Å². The van der Waals surface area contributed by atoms with Gasteiger partial charge < -0.3 is 9.47 Å². The Morgan fingerprint density at radius 2 is 0.816 bits per heavy atom. The molecule has 3 heteroatoms. The highest BCUT2D eigenvalue weighted by molar-refractivity contribution is 5.60. The molecule has 0 fully saturated rings. The molecule has 0 aromatic rings. The Labute approximate surface area is 236 Å². The average molecular weight is 531 g/mol. The second kappa shape index (κ2) is 22.6. The Balaban J connectivity index is 1.83. The summed E-state index contributed by atoms with van der Waals surface area (Å²) >= 11 is 0. The van der Waals surface area contributed by atoms with Gasteiger partial charge in [0.2, 0.25) is 0 Å². The smallest absolute Gasteiger partial charge is 0.430 e. The normalized spacial score (nSPS) is 28.1. The molecule has 2 aliphatic carbocycles. The minimum atomic E-state index is -0.501. The van der Waals surface area contributed by atoms with Crippen molar-refractivity contribution >= 4 is 6.16 Å². The summed E-state index contributed by atoms with van der Waals surface area (Å²) in [4.78, 5) is 12.6. The lowest BCUT2D eigenvalue weighted by Crippen LogP contribution is -2.13. The molecule has 0 bridgehead atoms. The summed E-state index contributed by atoms with van der Waals surface area (Å²) in [5.74, 6) is 1.10. The van der Waals surface area contributed by atoms with Crippen molar-refractivity contribution in [3.05, 3.63) is 23.3 Å². The molecule has 0 radical (unpaired) electrons. The van der Waals surface area contributed by atoms with E-state index in [9.17, 15) is 4.79 Å². The fourth-order valence-electron chi connectivity index (χ4n) is 6.19. The highest BCUT2D eigenvalue weighted by atomic mass is 16.7. The van der Waals surface area contributed by atoms with Crippen LogP contribution >= 0.6 is 0 Å². The van der Waals surface area contributed by atoms with Gasteiger partial charge >= 0.3 is 6.16 Å². The summed E-state index contributed by atoms with van der Waals surface area (Å²) in [6.45, 7) is 5.41. The van der Waals surface area contributed by atoms with Crippen molar-refractivity contribution < 1.29 is 14.3 Å². The topological polar surface area (TPSA) is 35.5 Å². The average Bonchev–Trinajstić information content (AvgIpc) is 2.91. The van der Waals surface area contributed by atoms with Crippen LogP contribution in [0.25, 0.3) is 0 Å². The second-order valence-electron chi connectivity index (χ2n) is 12.6. The van der Waals surface area contributed by atoms with Crippen LogP contribution in [0.1, 0.15) is 168 Å². The maximum atomic E-state index is 12.6. The van der Waals surface area contributed by atoms with Gasteiger partial charge in [0.15, 0.2) is 0 Å². The van der Waals surface area contributed by atoms with E-state index in [2.05, 4.69) is 26.0 Å². The Morgan fingerprint density at radius 3 is 1.16 bits per heavy atom. The minimum Gasteiger partial charge on any atom is -0.430 e. The van der Waals surface area contributed by atoms with Gasteiger partial charge in [-0.2, -0.15) is 0 Å². The van der Waals surface area contributed by atoms with Crippen molar-refractivity contribution in [2.24, 2.45) is 11.8 Å². The van der Waals surface area contributed by atoms with Crippen molar-refractivity contribution in [2.75, 3.05) is 13.2 Å². The van der Waals surface area contributed by atoms with Gasteiger partial charge in [0, 0.05) is 0 Å². The third kappa shape index (κ3) is 18.1. The molecule has 0 N–H and O–H groups in total. The summed E-state index contributed by atoms with van der Waals surface area (Å²) < 4.78 is 11.3. The molecule has 0 spiro atoms. The Kier molecular flexibility index (Phi) is 19.6. The van der Waals surface area contributed by atoms with Gasteiger partial charge in [-0.1, -0.05) is 142 Å². The van der Waals surface area contributed by atoms with Crippen LogP contribution in [0, 0.1) is 11.8 Å². The predicted octanol–water partition coefficient (Wildman–Crippen LogP) is 11.7. The number of rotatable bonds is 4. The Bertz CT molecular complexity index is 596. The van der Waals surface area contributed by atoms with Crippen LogP contribution in [-0.4, -0.2) is 19.4 Å². The largest absolute Gasteiger partial charge is 0.508 e. The van der Waals surface area contributed by atoms with E-state index in [0.29, 0.717) is 25.0 Å². The summed E-state index contributed by atoms with van der Waals surface area (Å²) in [5, 5.41) is 0. The lowest BCUT2D eigenvalue weighted by molar-refractivity contribution is 0.0668. The number of carbonyl (C=O) groups excluding carboxylic acids is 1. The fraction of sp³-hybridized carbons (Fsp3) is 0.857. The number of carbonyl (C=O) groups is 1. The fourth-order valence-corrected chi connectivity index (χ4v) is 6.19. The lowest BCUT2D eigenvalue weighted by Gasteiger charge is -2.15. The molecular weight excluding hydrogens is 468 g/mol. The first-order valence-corrected chi connectivity index (χ1v) is 16.8. The number of ether oxygens (including phenoxy) is 2. The molecule has 0 aromatic heterocycles. The molecule has 38 heavy (non-hydrogen) atoms. The third-order valence-electron chi connectivity index (χ3n) is 8.61. The highest BCUT2D eigenvalue weighted by Crippen LogP contribution is 2.22. The van der Waals surface area contributed by atoms with Gasteiger partial charge in [-0.3, -0.25) is 0 Å². The standard InChI is InChI=1S/C35H62O3/c1-31-23-19-15-11-7-3-5-9-13-17-21-25-33(27-31)29-37-35(36)38-30-34-26-22-18-14-10-6-4-8-12-16-20-24-32(2)28-34/h27-28,31-32H,3-26,29-30H2,1-2H3/b33-27-,34-28-. The minimum absolute atomic E-state index is 0.388. The maximum Gasteiger partial charge on any atom is 0.508 e. The van der Waals surface area contributed by atoms with Crippen LogP contribution in [0.2, 0.25) is 0 Å². The maximum absolute atomic E-state index is 12.6. The molecule has 2 aliphatic rings. The van der Waals surface area contributed by atoms with Crippen LogP contribution in [0.5, 0.6) is 0 Å². The summed E-state index contributed by atoms with van der Waals surface area (Å²) in [6.07, 6.45) is 35.7. The van der Waals surface area contributed by atoms with Crippen LogP contribution in [-0.2, 0) is 9.47 Å². The molecule has 3 nitrogen and oxygen atoms in total. The van der Waals surface area contributed by atoms with Crippen LogP contribution in [0.3, 0.4) is 0 Å². The van der Waals surface area contributed by atoms with E-state index in [1.54, 1.807) is 0 Å². The first-order valence-electron chi connectivity index (χ1n) is 16.8. The highest BCUT2D eigenvalue weighted by Gasteiger charge is 2.11. The molecular formula is C35H62O3. The van der Waals surface area contributed by atoms with E-state index in [1.165, 1.54) is 152 Å². The van der Waals surface area contributed by atoms with Gasteiger partial charge in [0.1, 0.15) is 13.2 Å². The van der Waals surface area contributed by atoms with Crippen LogP contribution in [0.15, 0.2) is 23.3 Å². The van der Waals surface area contributed by atoms with Gasteiger partial charge in [0.25, 0.3) is 0 Å². The summed E-state index contributed by atoms with van der Waals surface area (Å²) in [5.41, 5.74) is 2.57. The molecule has 0 amide bonds. The molecule has 220 valence electrons. The van der Waals surface area contributed by atoms with E-state index in [-0.39, 0.29) is 0 Å². The van der Waals surface area contributed by atoms with Crippen molar-refractivity contribution in [3.8, 4) is 0 Å². The van der Waals surface area contributed by atoms with Crippen LogP contribution < -0.4 is 0 Å². The van der Waals surface area contributed by atoms with Crippen LogP contribution in [0.4, 0.5) is 4.79 Å². The zero-order valence-electron chi connectivity index (χ0n) is 25.4. The van der Waals surface area contributed by atoms with Crippen molar-refractivity contribution in [1.82, 2.24) is 0 Å². The van der Waals surface area contributed by atoms with E-state index in [0.717, 1.165) is 12.8 Å². The van der Waals surface area contributed by atoms with E-state index in [1.807, 2.05) is 0 Å². The SMILES string of the molecule is CC1/C=C(\COC(=O)OC/C2=C\C(C)CCCCCCCCCCCC2)CCCCCCCCCCCC1. The zero-order chi connectivity index (χ0) is 27.1. The first-order chi connectivity index (χ1) is 18.6. The number of hydrogen-bond acceptors (Lipinski definition) is 3. The molecule has 0 aliphatic heterocycles. The van der Waals surface area contributed by atoms with E-state index >= 15 is 0 Å². The van der Waals surface area contributed by atoms with E-state index in [4.69, 9.17) is 9.47 Å². The van der Waals surface area contributed by atoms with Crippen molar-refractivity contribution in [3.63, 3.8) is 0 Å². The van der Waals surface area contributed by atoms with E-state index < -0.39 is 6.16 Å². The molecule has 0 saturated carbocycles. The summed E-state index contributed by atoms with van der Waals surface area (Å²) in [7, 11) is 0. The third-order valence-corrected chi connectivity index (χ3v) is 8.61. The summed E-state index contributed by atoms with van der Waals surface area (Å²) in [6, 6.07) is 0. The molecule has 2 unspecified atom stereocenters. The zero-order valence-corrected chi connectivity index (χ0v) is 25.4. The quantitative estimate of drug-likeness (QED) is 0.268. The lowest BCUT2D eigenvalue weighted by atomic mass is 9.98. The molecule has 2 rings (SSSR count). The van der Waals surface area contributed by atoms with Gasteiger partial charge in [-0.15, -0.1) is 0 Å². The molecule has 0 heterocycles. The molecule has 0 aromatic carbocycles. The predicted molar refractivity (Wildman–Crippen MR) is 163 cm³/mol. The Hall–Kier alpha value is -1.25. The molecule has 2 atom stereocenters. The number of allylic oxidation sites excluding steroid dienone is 2. The first kappa shape index (κ1) is 33.0. The molecule has 0 saturated heterocycles. The van der Waals surface area contributed by atoms with Gasteiger partial charge in [-0.25, -0.2) is 4.79 Å². The van der Waals surface area contributed by atoms with Crippen molar-refractivity contribution in [2.45, 2.75) is 168 Å². The second-order valence-corrected chi connectivity index (χ2v) is 12.6. The van der Waals surface area contributed by atoms with Gasteiger partial charge in [0.05, 0.1) is 0 Å². The number of hydrogen-bond donors (Lipinski definition) is 0. The monoisotopic (exact) mass is 530 g/mol. The van der Waals surface area contributed by atoms with Gasteiger partial charge in [-0.05, 0) is 61.5 Å². The Morgan fingerprint density at radius 1 is 0.526 bits per heavy atom.